The van der Waals surface area contributed by atoms with Crippen molar-refractivity contribution in [2.75, 3.05) is 11.1 Å². The molecule has 3 fully saturated rings. The van der Waals surface area contributed by atoms with E-state index in [4.69, 9.17) is 0 Å². The fourth-order valence-corrected chi connectivity index (χ4v) is 5.92. The van der Waals surface area contributed by atoms with E-state index in [1.54, 1.807) is 0 Å². The summed E-state index contributed by atoms with van der Waals surface area (Å²) in [4.78, 5) is 28.7. The third kappa shape index (κ3) is 4.56. The highest BCUT2D eigenvalue weighted by Crippen LogP contribution is 2.39. The van der Waals surface area contributed by atoms with Gasteiger partial charge in [-0.2, -0.15) is 16.9 Å². The zero-order chi connectivity index (χ0) is 21.4. The number of H-pyrrole nitrogens is 1. The number of amides is 3. The van der Waals surface area contributed by atoms with Gasteiger partial charge in [0.05, 0.1) is 17.8 Å². The highest BCUT2D eigenvalue weighted by molar-refractivity contribution is 8.00. The van der Waals surface area contributed by atoms with Gasteiger partial charge in [-0.3, -0.25) is 9.89 Å². The number of rotatable bonds is 8. The van der Waals surface area contributed by atoms with E-state index >= 15 is 0 Å². The number of nitrogens with zero attached hydrogens (tertiary/aromatic N) is 2. The molecule has 1 aromatic carbocycles. The highest BCUT2D eigenvalue weighted by Gasteiger charge is 2.42. The first-order valence-corrected chi connectivity index (χ1v) is 12.1. The van der Waals surface area contributed by atoms with Crippen LogP contribution in [-0.4, -0.2) is 50.2 Å². The predicted octanol–water partition coefficient (Wildman–Crippen LogP) is 3.32. The highest BCUT2D eigenvalue weighted by atomic mass is 32.2. The van der Waals surface area contributed by atoms with Crippen molar-refractivity contribution in [1.82, 2.24) is 25.8 Å². The normalized spacial score (nSPS) is 24.5. The molecular weight excluding hydrogens is 412 g/mol. The Kier molecular flexibility index (Phi) is 5.60. The number of benzene rings is 1. The fourth-order valence-electron chi connectivity index (χ4n) is 4.37. The van der Waals surface area contributed by atoms with Crippen LogP contribution in [0.15, 0.2) is 18.2 Å². The molecule has 2 aliphatic heterocycles. The van der Waals surface area contributed by atoms with Crippen molar-refractivity contribution in [2.24, 2.45) is 0 Å². The van der Waals surface area contributed by atoms with Crippen molar-refractivity contribution in [2.45, 2.75) is 68.7 Å². The third-order valence-electron chi connectivity index (χ3n) is 6.24. The minimum Gasteiger partial charge on any atom is -0.332 e. The number of anilines is 1. The summed E-state index contributed by atoms with van der Waals surface area (Å²) in [5.74, 6) is 3.06. The van der Waals surface area contributed by atoms with Crippen LogP contribution < -0.4 is 16.0 Å². The smallest absolute Gasteiger partial charge is 0.315 e. The van der Waals surface area contributed by atoms with Crippen LogP contribution in [0.5, 0.6) is 0 Å². The van der Waals surface area contributed by atoms with E-state index in [2.05, 4.69) is 31.1 Å². The van der Waals surface area contributed by atoms with Gasteiger partial charge in [-0.15, -0.1) is 0 Å². The molecule has 2 aromatic rings. The van der Waals surface area contributed by atoms with Crippen molar-refractivity contribution in [1.29, 1.82) is 0 Å². The molecule has 164 valence electrons. The molecule has 0 bridgehead atoms. The van der Waals surface area contributed by atoms with Gasteiger partial charge in [-0.05, 0) is 44.7 Å². The summed E-state index contributed by atoms with van der Waals surface area (Å²) >= 11 is 1.91. The van der Waals surface area contributed by atoms with E-state index in [1.165, 1.54) is 0 Å². The Morgan fingerprint density at radius 3 is 2.97 bits per heavy atom. The average molecular weight is 441 g/mol. The van der Waals surface area contributed by atoms with Gasteiger partial charge in [0.2, 0.25) is 5.91 Å². The lowest BCUT2D eigenvalue weighted by Gasteiger charge is -2.16. The topological polar surface area (TPSA) is 112 Å². The number of aromatic nitrogens is 3. The molecular formula is C22H28N6O2S. The van der Waals surface area contributed by atoms with Gasteiger partial charge in [0.25, 0.3) is 0 Å². The van der Waals surface area contributed by atoms with Gasteiger partial charge in [-0.25, -0.2) is 9.78 Å². The molecule has 1 aliphatic carbocycles. The number of unbranched alkanes of at least 4 members (excludes halogenated alkanes) is 1. The lowest BCUT2D eigenvalue weighted by Crippen LogP contribution is -2.36. The minimum atomic E-state index is -0.0516. The van der Waals surface area contributed by atoms with Crippen LogP contribution >= 0.6 is 11.8 Å². The molecule has 4 N–H and O–H groups in total. The van der Waals surface area contributed by atoms with E-state index < -0.39 is 0 Å². The van der Waals surface area contributed by atoms with Crippen LogP contribution in [0.1, 0.15) is 55.8 Å². The van der Waals surface area contributed by atoms with Crippen LogP contribution in [0.2, 0.25) is 0 Å². The maximum absolute atomic E-state index is 12.6. The first-order valence-electron chi connectivity index (χ1n) is 11.1. The van der Waals surface area contributed by atoms with Crippen molar-refractivity contribution >= 4 is 29.4 Å². The summed E-state index contributed by atoms with van der Waals surface area (Å²) in [5.41, 5.74) is 2.71. The summed E-state index contributed by atoms with van der Waals surface area (Å²) in [6, 6.07) is 6.37. The van der Waals surface area contributed by atoms with Gasteiger partial charge >= 0.3 is 6.03 Å². The van der Waals surface area contributed by atoms with E-state index in [-0.39, 0.29) is 24.0 Å². The number of hydrogen-bond donors (Lipinski definition) is 4. The van der Waals surface area contributed by atoms with Gasteiger partial charge in [0, 0.05) is 28.9 Å². The quantitative estimate of drug-likeness (QED) is 0.372. The molecule has 3 heterocycles. The molecule has 2 saturated heterocycles. The van der Waals surface area contributed by atoms with E-state index in [0.717, 1.165) is 60.5 Å². The second-order valence-corrected chi connectivity index (χ2v) is 10.1. The molecule has 5 rings (SSSR count). The van der Waals surface area contributed by atoms with Gasteiger partial charge in [0.15, 0.2) is 5.82 Å². The maximum Gasteiger partial charge on any atom is 0.315 e. The summed E-state index contributed by atoms with van der Waals surface area (Å²) in [6.07, 6.45) is 5.61. The number of nitrogens with one attached hydrogen (secondary N) is 4. The Labute approximate surface area is 185 Å². The molecule has 0 radical (unpaired) electrons. The molecule has 3 unspecified atom stereocenters. The second-order valence-electron chi connectivity index (χ2n) is 8.78. The SMILES string of the molecule is Cc1ccc(NC(=O)CCCCC2SCC3NC(=O)NC32)c(-c2n[nH]c(C3CC3)n2)c1. The van der Waals surface area contributed by atoms with E-state index in [0.29, 0.717) is 23.4 Å². The number of carbonyl (C=O) groups is 2. The average Bonchev–Trinajstić information content (AvgIpc) is 3.18. The fraction of sp³-hybridized carbons (Fsp3) is 0.545. The number of aromatic amines is 1. The lowest BCUT2D eigenvalue weighted by atomic mass is 10.0. The summed E-state index contributed by atoms with van der Waals surface area (Å²) in [7, 11) is 0. The van der Waals surface area contributed by atoms with E-state index in [1.807, 2.05) is 36.9 Å². The Morgan fingerprint density at radius 2 is 2.13 bits per heavy atom. The minimum absolute atomic E-state index is 0.0100. The Balaban J connectivity index is 1.14. The number of hydrogen-bond acceptors (Lipinski definition) is 5. The third-order valence-corrected chi connectivity index (χ3v) is 7.75. The van der Waals surface area contributed by atoms with Crippen molar-refractivity contribution < 1.29 is 9.59 Å². The Bertz CT molecular complexity index is 988. The first kappa shape index (κ1) is 20.4. The standard InChI is InChI=1S/C22H28N6O2S/c1-12-6-9-15(14(10-12)21-26-20(27-28-21)13-7-8-13)23-18(29)5-3-2-4-17-19-16(11-31-17)24-22(30)25-19/h6,9-10,13,16-17,19H,2-5,7-8,11H2,1H3,(H,23,29)(H2,24,25,30)(H,26,27,28). The zero-order valence-electron chi connectivity index (χ0n) is 17.6. The molecule has 0 spiro atoms. The molecule has 3 atom stereocenters. The molecule has 9 heteroatoms. The molecule has 3 aliphatic rings. The van der Waals surface area contributed by atoms with Crippen molar-refractivity contribution in [3.05, 3.63) is 29.6 Å². The molecule has 1 aromatic heterocycles. The van der Waals surface area contributed by atoms with Gasteiger partial charge in [0.1, 0.15) is 5.82 Å². The first-order chi connectivity index (χ1) is 15.1. The summed E-state index contributed by atoms with van der Waals surface area (Å²) in [6.45, 7) is 2.03. The second kappa shape index (κ2) is 8.53. The zero-order valence-corrected chi connectivity index (χ0v) is 18.4. The number of thioether (sulfide) groups is 1. The maximum atomic E-state index is 12.6. The van der Waals surface area contributed by atoms with Crippen LogP contribution in [0.25, 0.3) is 11.4 Å². The van der Waals surface area contributed by atoms with Crippen LogP contribution in [0.3, 0.4) is 0 Å². The molecule has 3 amide bonds. The molecule has 1 saturated carbocycles. The number of aryl methyl sites for hydroxylation is 1. The van der Waals surface area contributed by atoms with E-state index in [9.17, 15) is 9.59 Å². The Morgan fingerprint density at radius 1 is 1.26 bits per heavy atom. The largest absolute Gasteiger partial charge is 0.332 e. The van der Waals surface area contributed by atoms with Gasteiger partial charge < -0.3 is 16.0 Å². The monoisotopic (exact) mass is 440 g/mol. The summed E-state index contributed by atoms with van der Waals surface area (Å²) < 4.78 is 0. The molecule has 8 nitrogen and oxygen atoms in total. The summed E-state index contributed by atoms with van der Waals surface area (Å²) in [5, 5.41) is 16.9. The van der Waals surface area contributed by atoms with Crippen LogP contribution in [-0.2, 0) is 4.79 Å². The number of carbonyl (C=O) groups excluding carboxylic acids is 2. The Hall–Kier alpha value is -2.55. The van der Waals surface area contributed by atoms with Crippen molar-refractivity contribution in [3.8, 4) is 11.4 Å². The molecule has 31 heavy (non-hydrogen) atoms. The van der Waals surface area contributed by atoms with Crippen LogP contribution in [0, 0.1) is 6.92 Å². The number of fused-ring (bicyclic) bond motifs is 1. The van der Waals surface area contributed by atoms with Crippen molar-refractivity contribution in [3.63, 3.8) is 0 Å². The van der Waals surface area contributed by atoms with Gasteiger partial charge in [-0.1, -0.05) is 18.1 Å². The number of urea groups is 1. The lowest BCUT2D eigenvalue weighted by molar-refractivity contribution is -0.116. The predicted molar refractivity (Wildman–Crippen MR) is 121 cm³/mol. The van der Waals surface area contributed by atoms with Crippen LogP contribution in [0.4, 0.5) is 10.5 Å².